The number of rotatable bonds is 5. The molecule has 6 rings (SSSR count). The van der Waals surface area contributed by atoms with E-state index in [4.69, 9.17) is 30.6 Å². The number of anilines is 1. The maximum Gasteiger partial charge on any atom is 0.260 e. The fourth-order valence-electron chi connectivity index (χ4n) is 4.98. The first-order valence-corrected chi connectivity index (χ1v) is 12.9. The average Bonchev–Trinajstić information content (AvgIpc) is 3.36. The second kappa shape index (κ2) is 10.2. The number of ether oxygens (including phenoxy) is 2. The van der Waals surface area contributed by atoms with E-state index >= 15 is 0 Å². The van der Waals surface area contributed by atoms with Crippen LogP contribution < -0.4 is 10.9 Å². The first-order chi connectivity index (χ1) is 18.1. The minimum absolute atomic E-state index is 0.0325. The van der Waals surface area contributed by atoms with Crippen LogP contribution in [0.25, 0.3) is 33.5 Å². The largest absolute Gasteiger partial charge is 0.381 e. The van der Waals surface area contributed by atoms with Crippen LogP contribution in [0.4, 0.5) is 5.95 Å². The summed E-state index contributed by atoms with van der Waals surface area (Å²) in [7, 11) is 0. The zero-order chi connectivity index (χ0) is 25.4. The SMILES string of the molecule is Cc1nc(-c2ccc(-c3cc4cnc(NC5CCOCC5)nc4n(C4CCOCC4)c3=O)c(Cl)c2)no1. The molecule has 1 N–H and O–H groups in total. The number of fused-ring (bicyclic) bond motifs is 1. The van der Waals surface area contributed by atoms with Gasteiger partial charge in [-0.1, -0.05) is 28.9 Å². The van der Waals surface area contributed by atoms with E-state index < -0.39 is 0 Å². The van der Waals surface area contributed by atoms with Crippen LogP contribution in [0.2, 0.25) is 5.02 Å². The molecule has 37 heavy (non-hydrogen) atoms. The van der Waals surface area contributed by atoms with Crippen molar-refractivity contribution in [1.29, 1.82) is 0 Å². The Balaban J connectivity index is 1.45. The first-order valence-electron chi connectivity index (χ1n) is 12.5. The number of pyridine rings is 1. The predicted octanol–water partition coefficient (Wildman–Crippen LogP) is 4.41. The Labute approximate surface area is 218 Å². The summed E-state index contributed by atoms with van der Waals surface area (Å²) < 4.78 is 17.9. The van der Waals surface area contributed by atoms with Gasteiger partial charge in [-0.05, 0) is 37.8 Å². The molecule has 0 unspecified atom stereocenters. The van der Waals surface area contributed by atoms with Crippen molar-refractivity contribution in [2.45, 2.75) is 44.7 Å². The predicted molar refractivity (Wildman–Crippen MR) is 139 cm³/mol. The first kappa shape index (κ1) is 24.0. The smallest absolute Gasteiger partial charge is 0.260 e. The van der Waals surface area contributed by atoms with E-state index in [1.165, 1.54) is 0 Å². The van der Waals surface area contributed by atoms with Gasteiger partial charge in [0.1, 0.15) is 5.65 Å². The van der Waals surface area contributed by atoms with Crippen molar-refractivity contribution in [3.8, 4) is 22.5 Å². The van der Waals surface area contributed by atoms with Gasteiger partial charge in [0.05, 0.1) is 0 Å². The fraction of sp³-hybridized carbons (Fsp3) is 0.423. The van der Waals surface area contributed by atoms with E-state index in [2.05, 4.69) is 20.4 Å². The Bertz CT molecular complexity index is 1490. The lowest BCUT2D eigenvalue weighted by atomic mass is 10.0. The Morgan fingerprint density at radius 3 is 2.46 bits per heavy atom. The monoisotopic (exact) mass is 522 g/mol. The van der Waals surface area contributed by atoms with Gasteiger partial charge in [-0.25, -0.2) is 4.98 Å². The summed E-state index contributed by atoms with van der Waals surface area (Å²) in [6.07, 6.45) is 5.02. The van der Waals surface area contributed by atoms with E-state index in [1.54, 1.807) is 23.8 Å². The normalized spacial score (nSPS) is 17.4. The molecule has 192 valence electrons. The quantitative estimate of drug-likeness (QED) is 0.406. The molecule has 0 spiro atoms. The highest BCUT2D eigenvalue weighted by Gasteiger charge is 2.24. The maximum atomic E-state index is 14.0. The lowest BCUT2D eigenvalue weighted by molar-refractivity contribution is 0.0697. The van der Waals surface area contributed by atoms with Crippen molar-refractivity contribution in [3.05, 3.63) is 51.7 Å². The number of aryl methyl sites for hydroxylation is 1. The molecule has 3 aromatic heterocycles. The van der Waals surface area contributed by atoms with Crippen molar-refractivity contribution in [3.63, 3.8) is 0 Å². The van der Waals surface area contributed by atoms with Gasteiger partial charge >= 0.3 is 0 Å². The summed E-state index contributed by atoms with van der Waals surface area (Å²) in [6, 6.07) is 7.45. The molecular formula is C26H27ClN6O4. The Kier molecular flexibility index (Phi) is 6.62. The van der Waals surface area contributed by atoms with Gasteiger partial charge in [0.25, 0.3) is 5.56 Å². The summed E-state index contributed by atoms with van der Waals surface area (Å²) in [5.41, 5.74) is 2.31. The number of nitrogens with zero attached hydrogens (tertiary/aromatic N) is 5. The fourth-order valence-corrected chi connectivity index (χ4v) is 5.26. The summed E-state index contributed by atoms with van der Waals surface area (Å²) in [4.78, 5) is 27.7. The molecular weight excluding hydrogens is 496 g/mol. The van der Waals surface area contributed by atoms with Gasteiger partial charge in [-0.2, -0.15) is 9.97 Å². The molecule has 0 atom stereocenters. The van der Waals surface area contributed by atoms with E-state index in [-0.39, 0.29) is 17.6 Å². The summed E-state index contributed by atoms with van der Waals surface area (Å²) in [5, 5.41) is 8.58. The van der Waals surface area contributed by atoms with Crippen LogP contribution in [0.1, 0.15) is 37.6 Å². The van der Waals surface area contributed by atoms with Crippen LogP contribution in [-0.4, -0.2) is 57.1 Å². The average molecular weight is 523 g/mol. The number of benzene rings is 1. The number of hydrogen-bond acceptors (Lipinski definition) is 9. The number of aromatic nitrogens is 5. The lowest BCUT2D eigenvalue weighted by Crippen LogP contribution is -2.32. The van der Waals surface area contributed by atoms with Gasteiger partial charge in [0.15, 0.2) is 0 Å². The molecule has 0 saturated carbocycles. The minimum atomic E-state index is -0.139. The Morgan fingerprint density at radius 1 is 1.00 bits per heavy atom. The van der Waals surface area contributed by atoms with E-state index in [0.717, 1.165) is 31.1 Å². The second-order valence-electron chi connectivity index (χ2n) is 9.41. The molecule has 0 aliphatic carbocycles. The summed E-state index contributed by atoms with van der Waals surface area (Å²) in [6.45, 7) is 4.36. The van der Waals surface area contributed by atoms with Gasteiger partial charge < -0.3 is 19.3 Å². The van der Waals surface area contributed by atoms with Gasteiger partial charge in [0, 0.05) is 78.7 Å². The number of halogens is 1. The van der Waals surface area contributed by atoms with Gasteiger partial charge in [0.2, 0.25) is 17.7 Å². The third kappa shape index (κ3) is 4.84. The third-order valence-corrected chi connectivity index (χ3v) is 7.24. The minimum Gasteiger partial charge on any atom is -0.381 e. The highest BCUT2D eigenvalue weighted by atomic mass is 35.5. The van der Waals surface area contributed by atoms with Crippen LogP contribution >= 0.6 is 11.6 Å². The molecule has 2 aliphatic rings. The zero-order valence-corrected chi connectivity index (χ0v) is 21.2. The molecule has 0 radical (unpaired) electrons. The van der Waals surface area contributed by atoms with Crippen LogP contribution in [0.15, 0.2) is 39.8 Å². The van der Waals surface area contributed by atoms with Crippen LogP contribution in [0.5, 0.6) is 0 Å². The summed E-state index contributed by atoms with van der Waals surface area (Å²) in [5.74, 6) is 1.43. The number of nitrogens with one attached hydrogen (secondary N) is 1. The molecule has 2 saturated heterocycles. The highest BCUT2D eigenvalue weighted by molar-refractivity contribution is 6.33. The van der Waals surface area contributed by atoms with Crippen LogP contribution in [-0.2, 0) is 9.47 Å². The lowest BCUT2D eigenvalue weighted by Gasteiger charge is -2.26. The van der Waals surface area contributed by atoms with E-state index in [9.17, 15) is 4.79 Å². The molecule has 2 aliphatic heterocycles. The Hall–Kier alpha value is -3.34. The van der Waals surface area contributed by atoms with Crippen molar-refractivity contribution in [2.75, 3.05) is 31.7 Å². The van der Waals surface area contributed by atoms with Crippen molar-refractivity contribution in [1.82, 2.24) is 24.7 Å². The topological polar surface area (TPSA) is 117 Å². The molecule has 5 heterocycles. The van der Waals surface area contributed by atoms with Gasteiger partial charge in [-0.3, -0.25) is 9.36 Å². The third-order valence-electron chi connectivity index (χ3n) is 6.93. The Morgan fingerprint density at radius 2 is 1.76 bits per heavy atom. The standard InChI is InChI=1S/C26H27ClN6O4/c1-15-29-23(32-37-15)16-2-3-20(22(27)13-16)21-12-17-14-28-26(30-18-4-8-35-9-5-18)31-24(17)33(25(21)34)19-6-10-36-11-7-19/h2-3,12-14,18-19H,4-11H2,1H3,(H,28,30,31). The number of hydrogen-bond donors (Lipinski definition) is 1. The van der Waals surface area contributed by atoms with Crippen LogP contribution in [0.3, 0.4) is 0 Å². The van der Waals surface area contributed by atoms with Crippen molar-refractivity contribution < 1.29 is 14.0 Å². The summed E-state index contributed by atoms with van der Waals surface area (Å²) >= 11 is 6.71. The molecule has 11 heteroatoms. The molecule has 4 aromatic rings. The second-order valence-corrected chi connectivity index (χ2v) is 9.82. The molecule has 2 fully saturated rings. The van der Waals surface area contributed by atoms with Crippen molar-refractivity contribution in [2.24, 2.45) is 0 Å². The molecule has 1 aromatic carbocycles. The maximum absolute atomic E-state index is 14.0. The van der Waals surface area contributed by atoms with Crippen molar-refractivity contribution >= 4 is 28.6 Å². The molecule has 0 amide bonds. The highest BCUT2D eigenvalue weighted by Crippen LogP contribution is 2.33. The van der Waals surface area contributed by atoms with Gasteiger partial charge in [-0.15, -0.1) is 0 Å². The zero-order valence-electron chi connectivity index (χ0n) is 20.4. The van der Waals surface area contributed by atoms with E-state index in [1.807, 2.05) is 18.2 Å². The molecule has 10 nitrogen and oxygen atoms in total. The molecule has 0 bridgehead atoms. The van der Waals surface area contributed by atoms with Crippen LogP contribution in [0, 0.1) is 6.92 Å². The van der Waals surface area contributed by atoms with E-state index in [0.29, 0.717) is 71.5 Å².